The van der Waals surface area contributed by atoms with Gasteiger partial charge in [0.05, 0.1) is 5.56 Å². The van der Waals surface area contributed by atoms with Gasteiger partial charge in [-0.3, -0.25) is 4.79 Å². The number of hydrogen-bond acceptors (Lipinski definition) is 4. The van der Waals surface area contributed by atoms with Crippen molar-refractivity contribution in [2.24, 2.45) is 5.92 Å². The van der Waals surface area contributed by atoms with Crippen molar-refractivity contribution in [3.05, 3.63) is 17.0 Å². The largest absolute Gasteiger partial charge is 0.356 e. The Morgan fingerprint density at radius 3 is 2.88 bits per heavy atom. The Hall–Kier alpha value is -1.16. The first-order chi connectivity index (χ1) is 7.76. The molecular weight excluding hydrogens is 226 g/mol. The van der Waals surface area contributed by atoms with Crippen molar-refractivity contribution in [2.45, 2.75) is 19.8 Å². The third-order valence-corrected chi connectivity index (χ3v) is 3.09. The van der Waals surface area contributed by atoms with Gasteiger partial charge in [0, 0.05) is 13.1 Å². The summed E-state index contributed by atoms with van der Waals surface area (Å²) in [5.74, 6) is 1.40. The van der Waals surface area contributed by atoms with Crippen LogP contribution in [-0.4, -0.2) is 29.3 Å². The van der Waals surface area contributed by atoms with Crippen molar-refractivity contribution in [3.63, 3.8) is 0 Å². The van der Waals surface area contributed by atoms with Gasteiger partial charge in [0.2, 0.25) is 0 Å². The van der Waals surface area contributed by atoms with Crippen LogP contribution in [0, 0.1) is 5.92 Å². The van der Waals surface area contributed by atoms with Crippen LogP contribution in [0.1, 0.15) is 30.1 Å². The van der Waals surface area contributed by atoms with E-state index in [9.17, 15) is 4.79 Å². The Morgan fingerprint density at radius 2 is 2.31 bits per heavy atom. The van der Waals surface area contributed by atoms with E-state index in [-0.39, 0.29) is 5.15 Å². The Morgan fingerprint density at radius 1 is 1.56 bits per heavy atom. The van der Waals surface area contributed by atoms with Gasteiger partial charge < -0.3 is 4.90 Å². The fourth-order valence-corrected chi connectivity index (χ4v) is 1.87. The highest BCUT2D eigenvalue weighted by Gasteiger charge is 2.25. The molecule has 1 saturated carbocycles. The summed E-state index contributed by atoms with van der Waals surface area (Å²) in [5.41, 5.74) is 0.395. The number of nitrogens with zero attached hydrogens (tertiary/aromatic N) is 3. The minimum absolute atomic E-state index is 0.231. The molecule has 0 saturated heterocycles. The lowest BCUT2D eigenvalue weighted by molar-refractivity contribution is 0.112. The van der Waals surface area contributed by atoms with Crippen molar-refractivity contribution < 1.29 is 4.79 Å². The summed E-state index contributed by atoms with van der Waals surface area (Å²) in [4.78, 5) is 21.1. The number of rotatable bonds is 5. The molecule has 0 atom stereocenters. The first kappa shape index (κ1) is 11.3. The van der Waals surface area contributed by atoms with Gasteiger partial charge in [-0.15, -0.1) is 0 Å². The molecule has 0 bridgehead atoms. The summed E-state index contributed by atoms with van der Waals surface area (Å²) in [6.45, 7) is 3.82. The van der Waals surface area contributed by atoms with E-state index in [1.54, 1.807) is 0 Å². The van der Waals surface area contributed by atoms with Crippen molar-refractivity contribution in [1.82, 2.24) is 9.97 Å². The summed E-state index contributed by atoms with van der Waals surface area (Å²) in [7, 11) is 0. The molecule has 0 amide bonds. The molecule has 4 nitrogen and oxygen atoms in total. The number of anilines is 1. The SMILES string of the molecule is CCN(CC1CC1)c1ncnc(Cl)c1C=O. The average molecular weight is 240 g/mol. The molecular formula is C11H14ClN3O. The third kappa shape index (κ3) is 2.32. The summed E-state index contributed by atoms with van der Waals surface area (Å²) in [6.07, 6.45) is 4.67. The van der Waals surface area contributed by atoms with E-state index in [4.69, 9.17) is 11.6 Å². The van der Waals surface area contributed by atoms with E-state index in [0.29, 0.717) is 11.4 Å². The fraction of sp³-hybridized carbons (Fsp3) is 0.545. The van der Waals surface area contributed by atoms with Gasteiger partial charge in [-0.05, 0) is 25.7 Å². The molecule has 0 spiro atoms. The molecule has 2 rings (SSSR count). The summed E-state index contributed by atoms with van der Waals surface area (Å²) < 4.78 is 0. The van der Waals surface area contributed by atoms with E-state index in [1.165, 1.54) is 19.2 Å². The second-order valence-corrected chi connectivity index (χ2v) is 4.36. The maximum Gasteiger partial charge on any atom is 0.156 e. The predicted octanol–water partition coefficient (Wildman–Crippen LogP) is 2.18. The van der Waals surface area contributed by atoms with Crippen LogP contribution >= 0.6 is 11.6 Å². The molecule has 16 heavy (non-hydrogen) atoms. The van der Waals surface area contributed by atoms with Gasteiger partial charge in [-0.1, -0.05) is 11.6 Å². The topological polar surface area (TPSA) is 46.1 Å². The van der Waals surface area contributed by atoms with E-state index in [1.807, 2.05) is 6.92 Å². The molecule has 0 N–H and O–H groups in total. The Bertz CT molecular complexity index is 393. The van der Waals surface area contributed by atoms with Gasteiger partial charge in [0.15, 0.2) is 6.29 Å². The zero-order valence-electron chi connectivity index (χ0n) is 9.19. The Labute approximate surface area is 99.6 Å². The van der Waals surface area contributed by atoms with Crippen LogP contribution in [0.2, 0.25) is 5.15 Å². The van der Waals surface area contributed by atoms with E-state index in [2.05, 4.69) is 14.9 Å². The molecule has 1 aliphatic rings. The zero-order chi connectivity index (χ0) is 11.5. The highest BCUT2D eigenvalue weighted by atomic mass is 35.5. The van der Waals surface area contributed by atoms with E-state index < -0.39 is 0 Å². The monoisotopic (exact) mass is 239 g/mol. The van der Waals surface area contributed by atoms with Gasteiger partial charge in [0.25, 0.3) is 0 Å². The van der Waals surface area contributed by atoms with Gasteiger partial charge in [-0.25, -0.2) is 9.97 Å². The van der Waals surface area contributed by atoms with Crippen LogP contribution in [0.25, 0.3) is 0 Å². The lowest BCUT2D eigenvalue weighted by atomic mass is 10.3. The molecule has 1 fully saturated rings. The number of carbonyl (C=O) groups excluding carboxylic acids is 1. The highest BCUT2D eigenvalue weighted by molar-refractivity contribution is 6.32. The Balaban J connectivity index is 2.28. The van der Waals surface area contributed by atoms with Crippen LogP contribution in [0.15, 0.2) is 6.33 Å². The number of aromatic nitrogens is 2. The molecule has 5 heteroatoms. The zero-order valence-corrected chi connectivity index (χ0v) is 9.94. The summed E-state index contributed by atoms with van der Waals surface area (Å²) >= 11 is 5.87. The molecule has 0 unspecified atom stereocenters. The highest BCUT2D eigenvalue weighted by Crippen LogP contribution is 2.32. The molecule has 0 aliphatic heterocycles. The van der Waals surface area contributed by atoms with Crippen molar-refractivity contribution >= 4 is 23.7 Å². The average Bonchev–Trinajstić information content (AvgIpc) is 3.09. The molecule has 1 aliphatic carbocycles. The van der Waals surface area contributed by atoms with Gasteiger partial charge in [-0.2, -0.15) is 0 Å². The van der Waals surface area contributed by atoms with Crippen molar-refractivity contribution in [1.29, 1.82) is 0 Å². The molecule has 1 aromatic heterocycles. The van der Waals surface area contributed by atoms with E-state index >= 15 is 0 Å². The first-order valence-corrected chi connectivity index (χ1v) is 5.84. The fourth-order valence-electron chi connectivity index (χ4n) is 1.70. The maximum atomic E-state index is 11.0. The molecule has 1 aromatic rings. The van der Waals surface area contributed by atoms with Crippen LogP contribution in [0.3, 0.4) is 0 Å². The lowest BCUT2D eigenvalue weighted by Gasteiger charge is -2.22. The van der Waals surface area contributed by atoms with Crippen molar-refractivity contribution in [2.75, 3.05) is 18.0 Å². The minimum Gasteiger partial charge on any atom is -0.356 e. The van der Waals surface area contributed by atoms with Crippen LogP contribution in [0.4, 0.5) is 5.82 Å². The summed E-state index contributed by atoms with van der Waals surface area (Å²) in [5, 5.41) is 0.231. The third-order valence-electron chi connectivity index (χ3n) is 2.79. The summed E-state index contributed by atoms with van der Waals surface area (Å²) in [6, 6.07) is 0. The predicted molar refractivity (Wildman–Crippen MR) is 63.0 cm³/mol. The first-order valence-electron chi connectivity index (χ1n) is 5.46. The van der Waals surface area contributed by atoms with E-state index in [0.717, 1.165) is 25.3 Å². The van der Waals surface area contributed by atoms with Gasteiger partial charge >= 0.3 is 0 Å². The standard InChI is InChI=1S/C11H14ClN3O/c1-2-15(5-8-3-4-8)11-9(6-16)10(12)13-7-14-11/h6-8H,2-5H2,1H3. The van der Waals surface area contributed by atoms with Crippen LogP contribution < -0.4 is 4.90 Å². The number of carbonyl (C=O) groups is 1. The van der Waals surface area contributed by atoms with Crippen LogP contribution in [-0.2, 0) is 0 Å². The normalized spacial score (nSPS) is 14.9. The smallest absolute Gasteiger partial charge is 0.156 e. The molecule has 1 heterocycles. The minimum atomic E-state index is 0.231. The number of halogens is 1. The number of aldehydes is 1. The second kappa shape index (κ2) is 4.78. The van der Waals surface area contributed by atoms with Crippen LogP contribution in [0.5, 0.6) is 0 Å². The molecule has 0 radical (unpaired) electrons. The molecule has 0 aromatic carbocycles. The quantitative estimate of drug-likeness (QED) is 0.584. The number of hydrogen-bond donors (Lipinski definition) is 0. The lowest BCUT2D eigenvalue weighted by Crippen LogP contribution is -2.27. The molecule has 86 valence electrons. The van der Waals surface area contributed by atoms with Gasteiger partial charge in [0.1, 0.15) is 17.3 Å². The maximum absolute atomic E-state index is 11.0. The second-order valence-electron chi connectivity index (χ2n) is 4.00. The Kier molecular flexibility index (Phi) is 3.39. The van der Waals surface area contributed by atoms with Crippen molar-refractivity contribution in [3.8, 4) is 0 Å².